The van der Waals surface area contributed by atoms with Gasteiger partial charge in [-0.2, -0.15) is 4.98 Å². The quantitative estimate of drug-likeness (QED) is 0.547. The van der Waals surface area contributed by atoms with E-state index in [4.69, 9.17) is 9.47 Å². The predicted octanol–water partition coefficient (Wildman–Crippen LogP) is 3.53. The van der Waals surface area contributed by atoms with Crippen LogP contribution in [0, 0.1) is 18.6 Å². The van der Waals surface area contributed by atoms with Crippen LogP contribution in [-0.4, -0.2) is 31.1 Å². The summed E-state index contributed by atoms with van der Waals surface area (Å²) in [4.78, 5) is 26.5. The fraction of sp³-hybridized carbons (Fsp3) is 0.304. The van der Waals surface area contributed by atoms with Crippen molar-refractivity contribution < 1.29 is 18.3 Å². The molecular weight excluding hydrogens is 432 g/mol. The Hall–Kier alpha value is -3.82. The molecule has 170 valence electrons. The molecule has 8 nitrogen and oxygen atoms in total. The lowest BCUT2D eigenvalue weighted by Gasteiger charge is -2.31. The molecule has 4 heterocycles. The summed E-state index contributed by atoms with van der Waals surface area (Å²) in [5, 5.41) is 0. The van der Waals surface area contributed by atoms with Crippen molar-refractivity contribution in [3.05, 3.63) is 76.3 Å². The number of aromatic nitrogens is 4. The topological polar surface area (TPSA) is 82.4 Å². The fourth-order valence-electron chi connectivity index (χ4n) is 4.29. The molecule has 2 aliphatic heterocycles. The van der Waals surface area contributed by atoms with Crippen molar-refractivity contribution in [1.29, 1.82) is 0 Å². The van der Waals surface area contributed by atoms with Gasteiger partial charge in [0.05, 0.1) is 24.5 Å². The zero-order valence-corrected chi connectivity index (χ0v) is 18.2. The van der Waals surface area contributed by atoms with Crippen molar-refractivity contribution in [2.45, 2.75) is 45.5 Å². The van der Waals surface area contributed by atoms with Crippen molar-refractivity contribution in [2.24, 2.45) is 0 Å². The van der Waals surface area contributed by atoms with Crippen molar-refractivity contribution in [3.8, 4) is 17.4 Å². The van der Waals surface area contributed by atoms with E-state index >= 15 is 0 Å². The maximum Gasteiger partial charge on any atom is 0.352 e. The van der Waals surface area contributed by atoms with Crippen LogP contribution < -0.4 is 20.1 Å². The number of anilines is 1. The number of halogens is 2. The zero-order chi connectivity index (χ0) is 23.3. The first-order chi connectivity index (χ1) is 15.7. The lowest BCUT2D eigenvalue weighted by atomic mass is 10.0. The Morgan fingerprint density at radius 2 is 1.88 bits per heavy atom. The Morgan fingerprint density at radius 1 is 1.18 bits per heavy atom. The predicted molar refractivity (Wildman–Crippen MR) is 116 cm³/mol. The van der Waals surface area contributed by atoms with E-state index in [1.165, 1.54) is 12.4 Å². The molecule has 0 saturated heterocycles. The van der Waals surface area contributed by atoms with Gasteiger partial charge >= 0.3 is 5.69 Å². The SMILES string of the molecule is Cc1ncc(Oc2c(F)cc(COc3cc4n(c(=O)n3)CC3(C)C=CC(C)N43)cc2F)cn1. The highest BCUT2D eigenvalue weighted by Gasteiger charge is 2.44. The van der Waals surface area contributed by atoms with E-state index in [9.17, 15) is 13.6 Å². The van der Waals surface area contributed by atoms with Crippen LogP contribution in [0.5, 0.6) is 17.4 Å². The number of ether oxygens (including phenoxy) is 2. The van der Waals surface area contributed by atoms with Gasteiger partial charge in [0.2, 0.25) is 5.88 Å². The summed E-state index contributed by atoms with van der Waals surface area (Å²) in [6.07, 6.45) is 6.84. The van der Waals surface area contributed by atoms with Gasteiger partial charge in [0.1, 0.15) is 18.2 Å². The second kappa shape index (κ2) is 7.65. The van der Waals surface area contributed by atoms with Crippen LogP contribution in [-0.2, 0) is 13.2 Å². The number of hydrogen-bond donors (Lipinski definition) is 0. The van der Waals surface area contributed by atoms with Gasteiger partial charge < -0.3 is 14.4 Å². The van der Waals surface area contributed by atoms with Gasteiger partial charge in [-0.15, -0.1) is 0 Å². The number of aryl methyl sites for hydroxylation is 1. The molecular formula is C23H21F2N5O3. The smallest absolute Gasteiger partial charge is 0.352 e. The van der Waals surface area contributed by atoms with Crippen LogP contribution in [0.1, 0.15) is 25.2 Å². The minimum absolute atomic E-state index is 0.0903. The van der Waals surface area contributed by atoms with Crippen molar-refractivity contribution in [1.82, 2.24) is 19.5 Å². The lowest BCUT2D eigenvalue weighted by Crippen LogP contribution is -2.42. The van der Waals surface area contributed by atoms with E-state index in [0.29, 0.717) is 18.2 Å². The van der Waals surface area contributed by atoms with E-state index < -0.39 is 23.1 Å². The Morgan fingerprint density at radius 3 is 2.58 bits per heavy atom. The summed E-state index contributed by atoms with van der Waals surface area (Å²) in [6.45, 7) is 6.10. The summed E-state index contributed by atoms with van der Waals surface area (Å²) in [5.74, 6) is -0.944. The van der Waals surface area contributed by atoms with Crippen molar-refractivity contribution in [3.63, 3.8) is 0 Å². The van der Waals surface area contributed by atoms with Crippen LogP contribution in [0.15, 0.2) is 47.5 Å². The average Bonchev–Trinajstić information content (AvgIpc) is 3.23. The standard InChI is InChI=1S/C23H21F2N5O3/c1-13-4-5-23(3)12-29-20(30(13)23)8-19(28-22(29)31)32-11-15-6-17(24)21(18(25)7-15)33-16-9-26-14(2)27-10-16/h4-10,13H,11-12H2,1-3H3. The Labute approximate surface area is 188 Å². The summed E-state index contributed by atoms with van der Waals surface area (Å²) in [5.41, 5.74) is -0.502. The molecule has 0 bridgehead atoms. The molecule has 0 amide bonds. The molecule has 2 aromatic heterocycles. The summed E-state index contributed by atoms with van der Waals surface area (Å²) in [6, 6.07) is 4.01. The second-order valence-corrected chi connectivity index (χ2v) is 8.39. The summed E-state index contributed by atoms with van der Waals surface area (Å²) in [7, 11) is 0. The third kappa shape index (κ3) is 3.71. The fourth-order valence-corrected chi connectivity index (χ4v) is 4.29. The van der Waals surface area contributed by atoms with Crippen LogP contribution in [0.4, 0.5) is 14.6 Å². The third-order valence-electron chi connectivity index (χ3n) is 5.80. The molecule has 2 aliphatic rings. The molecule has 2 unspecified atom stereocenters. The normalized spacial score (nSPS) is 20.6. The zero-order valence-electron chi connectivity index (χ0n) is 18.2. The summed E-state index contributed by atoms with van der Waals surface area (Å²) < 4.78 is 41.6. The first-order valence-corrected chi connectivity index (χ1v) is 10.4. The van der Waals surface area contributed by atoms with E-state index in [1.807, 2.05) is 6.92 Å². The molecule has 5 rings (SSSR count). The molecule has 0 aliphatic carbocycles. The molecule has 0 saturated carbocycles. The molecule has 0 fully saturated rings. The van der Waals surface area contributed by atoms with Gasteiger partial charge in [-0.3, -0.25) is 4.57 Å². The van der Waals surface area contributed by atoms with Gasteiger partial charge in [-0.1, -0.05) is 12.2 Å². The Kier molecular flexibility index (Phi) is 4.88. The van der Waals surface area contributed by atoms with Gasteiger partial charge in [-0.25, -0.2) is 23.5 Å². The van der Waals surface area contributed by atoms with E-state index in [2.05, 4.69) is 38.9 Å². The maximum absolute atomic E-state index is 14.5. The first kappa shape index (κ1) is 21.0. The molecule has 10 heteroatoms. The van der Waals surface area contributed by atoms with Gasteiger partial charge in [0, 0.05) is 12.1 Å². The van der Waals surface area contributed by atoms with Crippen LogP contribution in [0.3, 0.4) is 0 Å². The van der Waals surface area contributed by atoms with Crippen molar-refractivity contribution in [2.75, 3.05) is 4.90 Å². The van der Waals surface area contributed by atoms with Gasteiger partial charge in [-0.05, 0) is 38.5 Å². The van der Waals surface area contributed by atoms with Crippen molar-refractivity contribution >= 4 is 5.82 Å². The monoisotopic (exact) mass is 453 g/mol. The van der Waals surface area contributed by atoms with E-state index in [1.54, 1.807) is 17.6 Å². The highest BCUT2D eigenvalue weighted by molar-refractivity contribution is 5.56. The summed E-state index contributed by atoms with van der Waals surface area (Å²) >= 11 is 0. The maximum atomic E-state index is 14.5. The van der Waals surface area contributed by atoms with Gasteiger partial charge in [0.15, 0.2) is 23.1 Å². The lowest BCUT2D eigenvalue weighted by molar-refractivity contribution is 0.289. The minimum atomic E-state index is -0.899. The number of hydrogen-bond acceptors (Lipinski definition) is 7. The van der Waals surface area contributed by atoms with Crippen LogP contribution >= 0.6 is 0 Å². The molecule has 2 atom stereocenters. The minimum Gasteiger partial charge on any atom is -0.473 e. The number of nitrogens with zero attached hydrogens (tertiary/aromatic N) is 5. The number of rotatable bonds is 5. The largest absolute Gasteiger partial charge is 0.473 e. The number of benzene rings is 1. The first-order valence-electron chi connectivity index (χ1n) is 10.4. The van der Waals surface area contributed by atoms with Crippen LogP contribution in [0.2, 0.25) is 0 Å². The molecule has 0 spiro atoms. The average molecular weight is 453 g/mol. The van der Waals surface area contributed by atoms with E-state index in [-0.39, 0.29) is 35.4 Å². The Balaban J connectivity index is 1.34. The van der Waals surface area contributed by atoms with Crippen LogP contribution in [0.25, 0.3) is 0 Å². The molecule has 3 aromatic rings. The molecule has 0 N–H and O–H groups in total. The third-order valence-corrected chi connectivity index (χ3v) is 5.80. The molecule has 33 heavy (non-hydrogen) atoms. The molecule has 0 radical (unpaired) electrons. The highest BCUT2D eigenvalue weighted by Crippen LogP contribution is 2.40. The van der Waals surface area contributed by atoms with E-state index in [0.717, 1.165) is 12.1 Å². The highest BCUT2D eigenvalue weighted by atomic mass is 19.1. The second-order valence-electron chi connectivity index (χ2n) is 8.39. The van der Waals surface area contributed by atoms with Gasteiger partial charge in [0.25, 0.3) is 0 Å². The number of fused-ring (bicyclic) bond motifs is 3. The Bertz CT molecular complexity index is 1300. The molecule has 1 aromatic carbocycles.